The third-order valence-corrected chi connectivity index (χ3v) is 3.77. The molecule has 0 saturated heterocycles. The maximum atomic E-state index is 11.9. The predicted molar refractivity (Wildman–Crippen MR) is 69.8 cm³/mol. The van der Waals surface area contributed by atoms with Crippen LogP contribution in [-0.4, -0.2) is 39.7 Å². The van der Waals surface area contributed by atoms with Gasteiger partial charge in [0.1, 0.15) is 0 Å². The average molecular weight is 275 g/mol. The van der Waals surface area contributed by atoms with E-state index < -0.39 is 10.0 Å². The molecule has 6 nitrogen and oxygen atoms in total. The van der Waals surface area contributed by atoms with E-state index in [1.54, 1.807) is 6.07 Å². The third kappa shape index (κ3) is 4.77. The normalized spacial score (nSPS) is 12.2. The summed E-state index contributed by atoms with van der Waals surface area (Å²) in [5.41, 5.74) is 0.843. The zero-order chi connectivity index (χ0) is 13.6. The second kappa shape index (κ2) is 6.89. The van der Waals surface area contributed by atoms with Crippen molar-refractivity contribution in [3.63, 3.8) is 0 Å². The molecule has 7 heteroatoms. The standard InChI is InChI=1S/C11H21N3O3S/c1-9(2)12-7-10-6-11(8-13-10)18(15,16)14-4-5-17-3/h6,8-9,12-14H,4-5,7H2,1-3H3. The van der Waals surface area contributed by atoms with Crippen molar-refractivity contribution in [3.05, 3.63) is 18.0 Å². The molecule has 0 atom stereocenters. The Morgan fingerprint density at radius 2 is 2.17 bits per heavy atom. The van der Waals surface area contributed by atoms with Crippen molar-refractivity contribution in [2.24, 2.45) is 0 Å². The van der Waals surface area contributed by atoms with E-state index in [2.05, 4.69) is 15.0 Å². The zero-order valence-electron chi connectivity index (χ0n) is 11.0. The molecule has 0 unspecified atom stereocenters. The van der Waals surface area contributed by atoms with E-state index >= 15 is 0 Å². The van der Waals surface area contributed by atoms with E-state index in [9.17, 15) is 8.42 Å². The summed E-state index contributed by atoms with van der Waals surface area (Å²) in [6.07, 6.45) is 1.49. The van der Waals surface area contributed by atoms with Gasteiger partial charge in [-0.2, -0.15) is 0 Å². The fourth-order valence-electron chi connectivity index (χ4n) is 1.35. The summed E-state index contributed by atoms with van der Waals surface area (Å²) in [4.78, 5) is 3.19. The zero-order valence-corrected chi connectivity index (χ0v) is 11.8. The number of hydrogen-bond acceptors (Lipinski definition) is 4. The van der Waals surface area contributed by atoms with Crippen LogP contribution in [-0.2, 0) is 21.3 Å². The Morgan fingerprint density at radius 3 is 2.78 bits per heavy atom. The van der Waals surface area contributed by atoms with Crippen LogP contribution < -0.4 is 10.0 Å². The number of rotatable bonds is 8. The molecule has 0 saturated carbocycles. The minimum atomic E-state index is -3.44. The van der Waals surface area contributed by atoms with Gasteiger partial charge >= 0.3 is 0 Å². The lowest BCUT2D eigenvalue weighted by Crippen LogP contribution is -2.26. The fourth-order valence-corrected chi connectivity index (χ4v) is 2.38. The van der Waals surface area contributed by atoms with E-state index in [0.29, 0.717) is 19.2 Å². The van der Waals surface area contributed by atoms with E-state index in [4.69, 9.17) is 4.74 Å². The second-order valence-corrected chi connectivity index (χ2v) is 6.05. The molecule has 0 radical (unpaired) electrons. The number of sulfonamides is 1. The van der Waals surface area contributed by atoms with Crippen LogP contribution >= 0.6 is 0 Å². The molecule has 1 aromatic rings. The smallest absolute Gasteiger partial charge is 0.242 e. The van der Waals surface area contributed by atoms with Crippen LogP contribution in [0.2, 0.25) is 0 Å². The van der Waals surface area contributed by atoms with E-state index in [1.165, 1.54) is 13.3 Å². The molecule has 0 aliphatic carbocycles. The summed E-state index contributed by atoms with van der Waals surface area (Å²) in [6.45, 7) is 5.31. The van der Waals surface area contributed by atoms with Crippen LogP contribution in [0.5, 0.6) is 0 Å². The van der Waals surface area contributed by atoms with Gasteiger partial charge in [-0.25, -0.2) is 13.1 Å². The molecule has 104 valence electrons. The number of methoxy groups -OCH3 is 1. The third-order valence-electron chi connectivity index (χ3n) is 2.33. The Hall–Kier alpha value is -0.890. The molecule has 0 aromatic carbocycles. The van der Waals surface area contributed by atoms with Gasteiger partial charge in [0.2, 0.25) is 10.0 Å². The average Bonchev–Trinajstić information content (AvgIpc) is 2.76. The summed E-state index contributed by atoms with van der Waals surface area (Å²) in [6, 6.07) is 1.98. The molecule has 1 rings (SSSR count). The van der Waals surface area contributed by atoms with Gasteiger partial charge < -0.3 is 15.0 Å². The number of aromatic amines is 1. The Kier molecular flexibility index (Phi) is 5.80. The number of hydrogen-bond donors (Lipinski definition) is 3. The molecule has 0 aliphatic rings. The Morgan fingerprint density at radius 1 is 1.44 bits per heavy atom. The minimum absolute atomic E-state index is 0.249. The lowest BCUT2D eigenvalue weighted by atomic mass is 10.3. The van der Waals surface area contributed by atoms with Crippen LogP contribution in [0.25, 0.3) is 0 Å². The summed E-state index contributed by atoms with van der Waals surface area (Å²) in [5.74, 6) is 0. The topological polar surface area (TPSA) is 83.2 Å². The van der Waals surface area contributed by atoms with E-state index in [-0.39, 0.29) is 11.4 Å². The van der Waals surface area contributed by atoms with Gasteiger partial charge in [0.25, 0.3) is 0 Å². The maximum Gasteiger partial charge on any atom is 0.242 e. The van der Waals surface area contributed by atoms with Crippen LogP contribution in [0, 0.1) is 0 Å². The first-order valence-corrected chi connectivity index (χ1v) is 7.33. The lowest BCUT2D eigenvalue weighted by Gasteiger charge is -2.05. The fraction of sp³-hybridized carbons (Fsp3) is 0.636. The van der Waals surface area contributed by atoms with Gasteiger partial charge in [-0.1, -0.05) is 13.8 Å². The summed E-state index contributed by atoms with van der Waals surface area (Å²) in [5, 5.41) is 3.21. The first kappa shape index (κ1) is 15.2. The SMILES string of the molecule is COCCNS(=O)(=O)c1c[nH]c(CNC(C)C)c1. The molecule has 0 aliphatic heterocycles. The van der Waals surface area contributed by atoms with Crippen LogP contribution in [0.4, 0.5) is 0 Å². The molecule has 1 heterocycles. The largest absolute Gasteiger partial charge is 0.383 e. The van der Waals surface area contributed by atoms with Crippen LogP contribution in [0.15, 0.2) is 17.2 Å². The molecular formula is C11H21N3O3S. The monoisotopic (exact) mass is 275 g/mol. The number of aromatic nitrogens is 1. The Bertz CT molecular complexity index is 454. The van der Waals surface area contributed by atoms with Crippen molar-refractivity contribution in [2.45, 2.75) is 31.3 Å². The van der Waals surface area contributed by atoms with Gasteiger partial charge in [-0.3, -0.25) is 0 Å². The highest BCUT2D eigenvalue weighted by Gasteiger charge is 2.15. The van der Waals surface area contributed by atoms with Crippen molar-refractivity contribution in [3.8, 4) is 0 Å². The second-order valence-electron chi connectivity index (χ2n) is 4.29. The first-order valence-electron chi connectivity index (χ1n) is 5.85. The molecule has 0 fully saturated rings. The molecule has 3 N–H and O–H groups in total. The summed E-state index contributed by atoms with van der Waals surface area (Å²) in [7, 11) is -1.91. The first-order chi connectivity index (χ1) is 8.45. The van der Waals surface area contributed by atoms with Crippen molar-refractivity contribution in [1.29, 1.82) is 0 Å². The van der Waals surface area contributed by atoms with E-state index in [0.717, 1.165) is 5.69 Å². The van der Waals surface area contributed by atoms with Gasteiger partial charge in [0.15, 0.2) is 0 Å². The van der Waals surface area contributed by atoms with Gasteiger partial charge in [-0.15, -0.1) is 0 Å². The number of H-pyrrole nitrogens is 1. The van der Waals surface area contributed by atoms with Crippen LogP contribution in [0.1, 0.15) is 19.5 Å². The molecule has 0 amide bonds. The van der Waals surface area contributed by atoms with Crippen molar-refractivity contribution in [2.75, 3.05) is 20.3 Å². The summed E-state index contributed by atoms with van der Waals surface area (Å²) >= 11 is 0. The highest BCUT2D eigenvalue weighted by Crippen LogP contribution is 2.10. The van der Waals surface area contributed by atoms with Gasteiger partial charge in [-0.05, 0) is 6.07 Å². The molecular weight excluding hydrogens is 254 g/mol. The predicted octanol–water partition coefficient (Wildman–Crippen LogP) is 0.437. The van der Waals surface area contributed by atoms with Gasteiger partial charge in [0, 0.05) is 38.1 Å². The van der Waals surface area contributed by atoms with Crippen molar-refractivity contribution < 1.29 is 13.2 Å². The Labute approximate surface area is 108 Å². The van der Waals surface area contributed by atoms with Crippen molar-refractivity contribution in [1.82, 2.24) is 15.0 Å². The highest BCUT2D eigenvalue weighted by atomic mass is 32.2. The molecule has 18 heavy (non-hydrogen) atoms. The van der Waals surface area contributed by atoms with Gasteiger partial charge in [0.05, 0.1) is 11.5 Å². The minimum Gasteiger partial charge on any atom is -0.383 e. The Balaban J connectivity index is 2.60. The molecule has 1 aromatic heterocycles. The van der Waals surface area contributed by atoms with Crippen LogP contribution in [0.3, 0.4) is 0 Å². The number of ether oxygens (including phenoxy) is 1. The van der Waals surface area contributed by atoms with Crippen molar-refractivity contribution >= 4 is 10.0 Å². The number of nitrogens with one attached hydrogen (secondary N) is 3. The molecule has 0 bridgehead atoms. The highest BCUT2D eigenvalue weighted by molar-refractivity contribution is 7.89. The molecule has 0 spiro atoms. The summed E-state index contributed by atoms with van der Waals surface area (Å²) < 4.78 is 31.0. The quantitative estimate of drug-likeness (QED) is 0.601. The lowest BCUT2D eigenvalue weighted by molar-refractivity contribution is 0.204. The maximum absolute atomic E-state index is 11.9. The van der Waals surface area contributed by atoms with E-state index in [1.807, 2.05) is 13.8 Å².